The molecule has 0 aromatic heterocycles. The predicted molar refractivity (Wildman–Crippen MR) is 55.3 cm³/mol. The van der Waals surface area contributed by atoms with Gasteiger partial charge in [0.2, 0.25) is 5.91 Å². The molecular weight excluding hydrogens is 164 g/mol. The highest BCUT2D eigenvalue weighted by Gasteiger charge is 2.28. The monoisotopic (exact) mass is 186 g/mol. The normalized spacial score (nSPS) is 12.8. The van der Waals surface area contributed by atoms with E-state index in [0.717, 1.165) is 6.42 Å². The number of carbonyl (C=O) groups is 1. The van der Waals surface area contributed by atoms with Gasteiger partial charge in [0.05, 0.1) is 0 Å². The zero-order chi connectivity index (χ0) is 10.7. The van der Waals surface area contributed by atoms with Crippen molar-refractivity contribution < 1.29 is 4.79 Å². The quantitative estimate of drug-likeness (QED) is 0.695. The van der Waals surface area contributed by atoms with Crippen molar-refractivity contribution in [2.75, 3.05) is 6.54 Å². The Labute approximate surface area is 81.1 Å². The highest BCUT2D eigenvalue weighted by molar-refractivity contribution is 5.73. The molecule has 0 spiro atoms. The summed E-state index contributed by atoms with van der Waals surface area (Å²) in [5, 5.41) is 2.92. The Morgan fingerprint density at radius 2 is 1.77 bits per heavy atom. The van der Waals surface area contributed by atoms with Crippen LogP contribution in [0, 0.1) is 5.41 Å². The highest BCUT2D eigenvalue weighted by atomic mass is 16.1. The molecular formula is C10H22N2O. The maximum atomic E-state index is 10.9. The second kappa shape index (κ2) is 4.09. The van der Waals surface area contributed by atoms with Crippen LogP contribution in [0.15, 0.2) is 0 Å². The summed E-state index contributed by atoms with van der Waals surface area (Å²) in [6.45, 7) is 10.4. The van der Waals surface area contributed by atoms with E-state index in [4.69, 9.17) is 5.73 Å². The molecule has 0 radical (unpaired) electrons. The molecule has 13 heavy (non-hydrogen) atoms. The third-order valence-electron chi connectivity index (χ3n) is 1.99. The van der Waals surface area contributed by atoms with Crippen molar-refractivity contribution in [2.24, 2.45) is 11.1 Å². The van der Waals surface area contributed by atoms with Crippen LogP contribution in [0.3, 0.4) is 0 Å². The summed E-state index contributed by atoms with van der Waals surface area (Å²) in [5.41, 5.74) is 5.54. The Morgan fingerprint density at radius 3 is 2.08 bits per heavy atom. The van der Waals surface area contributed by atoms with Gasteiger partial charge >= 0.3 is 0 Å². The third kappa shape index (κ3) is 5.64. The minimum absolute atomic E-state index is 0.0119. The molecule has 0 aliphatic carbocycles. The second-order valence-corrected chi connectivity index (χ2v) is 5.11. The largest absolute Gasteiger partial charge is 0.351 e. The summed E-state index contributed by atoms with van der Waals surface area (Å²) >= 11 is 0. The standard InChI is InChI=1S/C10H22N2O/c1-8(13)12-10(4,5)6-9(2,3)7-11/h6-7,11H2,1-5H3,(H,12,13). The molecule has 3 nitrogen and oxygen atoms in total. The van der Waals surface area contributed by atoms with Gasteiger partial charge in [-0.1, -0.05) is 13.8 Å². The Kier molecular flexibility index (Phi) is 3.91. The molecule has 0 bridgehead atoms. The Balaban J connectivity index is 4.24. The number of amides is 1. The van der Waals surface area contributed by atoms with Crippen LogP contribution in [-0.4, -0.2) is 18.0 Å². The van der Waals surface area contributed by atoms with Crippen LogP contribution in [0.5, 0.6) is 0 Å². The third-order valence-corrected chi connectivity index (χ3v) is 1.99. The topological polar surface area (TPSA) is 55.1 Å². The summed E-state index contributed by atoms with van der Waals surface area (Å²) in [4.78, 5) is 10.9. The minimum atomic E-state index is -0.172. The summed E-state index contributed by atoms with van der Waals surface area (Å²) in [7, 11) is 0. The number of nitrogens with one attached hydrogen (secondary N) is 1. The van der Waals surface area contributed by atoms with Crippen molar-refractivity contribution in [1.82, 2.24) is 5.32 Å². The molecule has 0 atom stereocenters. The molecule has 0 fully saturated rings. The Morgan fingerprint density at radius 1 is 1.31 bits per heavy atom. The number of nitrogens with two attached hydrogens (primary N) is 1. The predicted octanol–water partition coefficient (Wildman–Crippen LogP) is 1.28. The lowest BCUT2D eigenvalue weighted by molar-refractivity contribution is -0.120. The van der Waals surface area contributed by atoms with Gasteiger partial charge in [-0.15, -0.1) is 0 Å². The smallest absolute Gasteiger partial charge is 0.217 e. The fraction of sp³-hybridized carbons (Fsp3) is 0.900. The Bertz CT molecular complexity index is 185. The number of hydrogen-bond donors (Lipinski definition) is 2. The summed E-state index contributed by atoms with van der Waals surface area (Å²) < 4.78 is 0. The van der Waals surface area contributed by atoms with Crippen molar-refractivity contribution in [3.05, 3.63) is 0 Å². The van der Waals surface area contributed by atoms with Gasteiger partial charge in [-0.2, -0.15) is 0 Å². The molecule has 0 unspecified atom stereocenters. The molecule has 0 saturated carbocycles. The van der Waals surface area contributed by atoms with E-state index in [9.17, 15) is 4.79 Å². The van der Waals surface area contributed by atoms with Gasteiger partial charge in [0.15, 0.2) is 0 Å². The zero-order valence-corrected chi connectivity index (χ0v) is 9.40. The Hall–Kier alpha value is -0.570. The van der Waals surface area contributed by atoms with E-state index < -0.39 is 0 Å². The first-order valence-corrected chi connectivity index (χ1v) is 4.67. The molecule has 0 rings (SSSR count). The summed E-state index contributed by atoms with van der Waals surface area (Å²) in [6, 6.07) is 0. The molecule has 0 saturated heterocycles. The maximum absolute atomic E-state index is 10.9. The van der Waals surface area contributed by atoms with Gasteiger partial charge in [-0.25, -0.2) is 0 Å². The van der Waals surface area contributed by atoms with Crippen LogP contribution in [0.4, 0.5) is 0 Å². The van der Waals surface area contributed by atoms with Crippen LogP contribution < -0.4 is 11.1 Å². The van der Waals surface area contributed by atoms with Gasteiger partial charge in [0.25, 0.3) is 0 Å². The van der Waals surface area contributed by atoms with Crippen molar-refractivity contribution in [1.29, 1.82) is 0 Å². The van der Waals surface area contributed by atoms with Crippen molar-refractivity contribution in [3.8, 4) is 0 Å². The van der Waals surface area contributed by atoms with E-state index in [2.05, 4.69) is 19.2 Å². The highest BCUT2D eigenvalue weighted by Crippen LogP contribution is 2.26. The lowest BCUT2D eigenvalue weighted by Gasteiger charge is -2.34. The molecule has 0 aromatic carbocycles. The van der Waals surface area contributed by atoms with Gasteiger partial charge in [-0.05, 0) is 32.2 Å². The van der Waals surface area contributed by atoms with Gasteiger partial charge < -0.3 is 11.1 Å². The van der Waals surface area contributed by atoms with Gasteiger partial charge in [0.1, 0.15) is 0 Å². The lowest BCUT2D eigenvalue weighted by Crippen LogP contribution is -2.46. The molecule has 0 aromatic rings. The molecule has 0 aliphatic heterocycles. The lowest BCUT2D eigenvalue weighted by atomic mass is 9.80. The fourth-order valence-electron chi connectivity index (χ4n) is 1.79. The maximum Gasteiger partial charge on any atom is 0.217 e. The van der Waals surface area contributed by atoms with Crippen LogP contribution in [0.1, 0.15) is 41.0 Å². The summed E-state index contributed by atoms with van der Waals surface area (Å²) in [6.07, 6.45) is 0.885. The van der Waals surface area contributed by atoms with Crippen LogP contribution in [-0.2, 0) is 4.79 Å². The second-order valence-electron chi connectivity index (χ2n) is 5.11. The van der Waals surface area contributed by atoms with Crippen molar-refractivity contribution >= 4 is 5.91 Å². The molecule has 0 aliphatic rings. The zero-order valence-electron chi connectivity index (χ0n) is 9.40. The van der Waals surface area contributed by atoms with E-state index in [-0.39, 0.29) is 16.9 Å². The number of hydrogen-bond acceptors (Lipinski definition) is 2. The molecule has 3 N–H and O–H groups in total. The molecule has 1 amide bonds. The number of carbonyl (C=O) groups excluding carboxylic acids is 1. The minimum Gasteiger partial charge on any atom is -0.351 e. The van der Waals surface area contributed by atoms with E-state index in [1.54, 1.807) is 0 Å². The first-order valence-electron chi connectivity index (χ1n) is 4.67. The van der Waals surface area contributed by atoms with Gasteiger partial charge in [0, 0.05) is 12.5 Å². The van der Waals surface area contributed by atoms with Crippen LogP contribution in [0.2, 0.25) is 0 Å². The van der Waals surface area contributed by atoms with Gasteiger partial charge in [-0.3, -0.25) is 4.79 Å². The average molecular weight is 186 g/mol. The molecule has 0 heterocycles. The molecule has 3 heteroatoms. The first-order chi connectivity index (χ1) is 5.68. The van der Waals surface area contributed by atoms with Crippen molar-refractivity contribution in [3.63, 3.8) is 0 Å². The summed E-state index contributed by atoms with van der Waals surface area (Å²) in [5.74, 6) is 0.0119. The van der Waals surface area contributed by atoms with Crippen LogP contribution in [0.25, 0.3) is 0 Å². The molecule has 78 valence electrons. The van der Waals surface area contributed by atoms with E-state index >= 15 is 0 Å². The van der Waals surface area contributed by atoms with Crippen molar-refractivity contribution in [2.45, 2.75) is 46.6 Å². The van der Waals surface area contributed by atoms with E-state index in [1.165, 1.54) is 6.92 Å². The van der Waals surface area contributed by atoms with E-state index in [1.807, 2.05) is 13.8 Å². The van der Waals surface area contributed by atoms with Crippen LogP contribution >= 0.6 is 0 Å². The number of rotatable bonds is 4. The average Bonchev–Trinajstić information content (AvgIpc) is 1.81. The fourth-order valence-corrected chi connectivity index (χ4v) is 1.79. The SMILES string of the molecule is CC(=O)NC(C)(C)CC(C)(C)CN. The van der Waals surface area contributed by atoms with E-state index in [0.29, 0.717) is 6.54 Å². The first kappa shape index (κ1) is 12.4.